The van der Waals surface area contributed by atoms with Crippen molar-refractivity contribution < 1.29 is 4.74 Å². The van der Waals surface area contributed by atoms with Gasteiger partial charge in [0.25, 0.3) is 0 Å². The molecule has 0 spiro atoms. The first-order valence-corrected chi connectivity index (χ1v) is 20.8. The van der Waals surface area contributed by atoms with Gasteiger partial charge < -0.3 is 0 Å². The molecule has 1 aliphatic carbocycles. The van der Waals surface area contributed by atoms with Crippen molar-refractivity contribution >= 4 is 21.2 Å². The Bertz CT molecular complexity index is 239. The van der Waals surface area contributed by atoms with Crippen molar-refractivity contribution in [3.63, 3.8) is 0 Å². The molecule has 0 aromatic heterocycles. The summed E-state index contributed by atoms with van der Waals surface area (Å²) in [6.07, 6.45) is 15.9. The predicted octanol–water partition coefficient (Wildman–Crippen LogP) is 6.97. The molecule has 0 aromatic rings. The van der Waals surface area contributed by atoms with Gasteiger partial charge in [0.15, 0.2) is 0 Å². The fraction of sp³-hybridized carbons (Fsp3) is 1.00. The molecule has 2 heteroatoms. The number of hydrogen-bond acceptors (Lipinski definition) is 1. The Morgan fingerprint density at radius 1 is 0.818 bits per heavy atom. The number of hydrogen-bond donors (Lipinski definition) is 0. The Balaban J connectivity index is 2.92. The summed E-state index contributed by atoms with van der Waals surface area (Å²) in [5.41, 5.74) is 0. The third-order valence-corrected chi connectivity index (χ3v) is 29.2. The monoisotopic (exact) mass is 506 g/mol. The summed E-state index contributed by atoms with van der Waals surface area (Å²) in [5, 5.41) is 0. The van der Waals surface area contributed by atoms with E-state index < -0.39 is 21.2 Å². The van der Waals surface area contributed by atoms with E-state index in [2.05, 4.69) is 27.9 Å². The Morgan fingerprint density at radius 2 is 1.27 bits per heavy atom. The van der Waals surface area contributed by atoms with Crippen LogP contribution < -0.4 is 0 Å². The number of ether oxygens (including phenoxy) is 1. The van der Waals surface area contributed by atoms with E-state index in [9.17, 15) is 0 Å². The van der Waals surface area contributed by atoms with Gasteiger partial charge in [-0.05, 0) is 0 Å². The average Bonchev–Trinajstić information content (AvgIpc) is 2.57. The molecule has 0 amide bonds. The van der Waals surface area contributed by atoms with Crippen molar-refractivity contribution in [2.24, 2.45) is 5.92 Å². The molecule has 1 rings (SSSR count). The fourth-order valence-corrected chi connectivity index (χ4v) is 30.5. The fourth-order valence-electron chi connectivity index (χ4n) is 4.77. The quantitative estimate of drug-likeness (QED) is 0.260. The van der Waals surface area contributed by atoms with E-state index in [4.69, 9.17) is 4.74 Å². The third kappa shape index (κ3) is 6.41. The summed E-state index contributed by atoms with van der Waals surface area (Å²) < 4.78 is 11.9. The predicted molar refractivity (Wildman–Crippen MR) is 102 cm³/mol. The van der Waals surface area contributed by atoms with Crippen LogP contribution in [-0.4, -0.2) is 31.9 Å². The van der Waals surface area contributed by atoms with Crippen LogP contribution in [-0.2, 0) is 4.74 Å². The molecule has 0 aliphatic heterocycles. The van der Waals surface area contributed by atoms with Crippen molar-refractivity contribution in [2.45, 2.75) is 107 Å². The zero-order valence-corrected chi connectivity index (χ0v) is 19.8. The summed E-state index contributed by atoms with van der Waals surface area (Å²) >= 11 is -2.35. The summed E-state index contributed by atoms with van der Waals surface area (Å²) in [6.45, 7) is 7.13. The van der Waals surface area contributed by atoms with Crippen LogP contribution in [0, 0.1) is 5.92 Å². The first-order chi connectivity index (χ1) is 10.7. The number of rotatable bonds is 12. The van der Waals surface area contributed by atoms with Gasteiger partial charge in [0, 0.05) is 0 Å². The van der Waals surface area contributed by atoms with E-state index >= 15 is 0 Å². The van der Waals surface area contributed by atoms with Crippen LogP contribution in [0.5, 0.6) is 0 Å². The summed E-state index contributed by atoms with van der Waals surface area (Å²) in [4.78, 5) is 0. The minimum absolute atomic E-state index is 0.734. The van der Waals surface area contributed by atoms with Crippen LogP contribution in [0.25, 0.3) is 0 Å². The molecular weight excluding hydrogens is 463 g/mol. The van der Waals surface area contributed by atoms with Crippen molar-refractivity contribution in [3.8, 4) is 0 Å². The standard InChI is InChI=1S/C8H15O.3C4H9.Pb/c1-9-7-8-5-3-2-4-6-8;3*1-3-4-2;/h7-8H,2-6H2,1H3;3*1,3-4H2,2H3;. The van der Waals surface area contributed by atoms with E-state index in [0.717, 1.165) is 9.58 Å². The van der Waals surface area contributed by atoms with Crippen molar-refractivity contribution in [3.05, 3.63) is 0 Å². The zero-order valence-electron chi connectivity index (χ0n) is 16.0. The van der Waals surface area contributed by atoms with Gasteiger partial charge in [0.05, 0.1) is 0 Å². The van der Waals surface area contributed by atoms with Crippen molar-refractivity contribution in [1.29, 1.82) is 0 Å². The van der Waals surface area contributed by atoms with Gasteiger partial charge >= 0.3 is 146 Å². The topological polar surface area (TPSA) is 9.23 Å². The summed E-state index contributed by atoms with van der Waals surface area (Å²) in [6, 6.07) is 0. The molecule has 0 radical (unpaired) electrons. The SMILES string of the molecule is CCC[CH2][Pb]([CH2]CCC)([CH2]CCC)[CH](OC)C1CCCCC1. The molecule has 132 valence electrons. The van der Waals surface area contributed by atoms with Gasteiger partial charge in [-0.3, -0.25) is 0 Å². The van der Waals surface area contributed by atoms with Crippen LogP contribution in [0.15, 0.2) is 0 Å². The molecule has 1 atom stereocenters. The first-order valence-electron chi connectivity index (χ1n) is 10.3. The van der Waals surface area contributed by atoms with Crippen molar-refractivity contribution in [2.75, 3.05) is 7.11 Å². The third-order valence-electron chi connectivity index (χ3n) is 6.02. The van der Waals surface area contributed by atoms with Crippen LogP contribution in [0.1, 0.15) is 91.4 Å². The Labute approximate surface area is 145 Å². The molecular formula is C20H42OPb. The Morgan fingerprint density at radius 3 is 1.64 bits per heavy atom. The van der Waals surface area contributed by atoms with Gasteiger partial charge in [-0.2, -0.15) is 0 Å². The van der Waals surface area contributed by atoms with Gasteiger partial charge in [-0.15, -0.1) is 0 Å². The molecule has 1 fully saturated rings. The van der Waals surface area contributed by atoms with Gasteiger partial charge in [-0.1, -0.05) is 0 Å². The zero-order chi connectivity index (χ0) is 16.3. The van der Waals surface area contributed by atoms with E-state index in [0.29, 0.717) is 0 Å². The molecule has 0 N–H and O–H groups in total. The Hall–Kier alpha value is 0.882. The second-order valence-corrected chi connectivity index (χ2v) is 26.4. The molecule has 0 bridgehead atoms. The molecule has 0 heterocycles. The molecule has 1 aliphatic rings. The number of methoxy groups -OCH3 is 1. The normalized spacial score (nSPS) is 18.5. The summed E-state index contributed by atoms with van der Waals surface area (Å²) in [7, 11) is 2.05. The van der Waals surface area contributed by atoms with E-state index in [1.165, 1.54) is 70.6 Å². The van der Waals surface area contributed by atoms with Gasteiger partial charge in [0.2, 0.25) is 0 Å². The van der Waals surface area contributed by atoms with Crippen molar-refractivity contribution in [1.82, 2.24) is 0 Å². The minimum atomic E-state index is -2.35. The molecule has 22 heavy (non-hydrogen) atoms. The van der Waals surface area contributed by atoms with Crippen LogP contribution in [0.2, 0.25) is 11.9 Å². The van der Waals surface area contributed by atoms with Crippen LogP contribution >= 0.6 is 0 Å². The van der Waals surface area contributed by atoms with E-state index in [1.54, 1.807) is 11.9 Å². The molecule has 1 nitrogen and oxygen atoms in total. The maximum absolute atomic E-state index is 6.35. The van der Waals surface area contributed by atoms with Crippen LogP contribution in [0.4, 0.5) is 0 Å². The Kier molecular flexibility index (Phi) is 11.7. The average molecular weight is 506 g/mol. The molecule has 0 aromatic carbocycles. The maximum atomic E-state index is 6.35. The summed E-state index contributed by atoms with van der Waals surface area (Å²) in [5.74, 6) is 0.922. The molecule has 1 saturated carbocycles. The van der Waals surface area contributed by atoms with Gasteiger partial charge in [-0.25, -0.2) is 0 Å². The van der Waals surface area contributed by atoms with Gasteiger partial charge in [0.1, 0.15) is 0 Å². The number of unbranched alkanes of at least 4 members (excludes halogenated alkanes) is 3. The second kappa shape index (κ2) is 12.3. The van der Waals surface area contributed by atoms with E-state index in [-0.39, 0.29) is 0 Å². The second-order valence-electron chi connectivity index (χ2n) is 7.73. The first kappa shape index (κ1) is 20.9. The molecule has 0 saturated heterocycles. The van der Waals surface area contributed by atoms with E-state index in [1.807, 2.05) is 0 Å². The molecule has 1 unspecified atom stereocenters. The van der Waals surface area contributed by atoms with Crippen LogP contribution in [0.3, 0.4) is 0 Å².